The van der Waals surface area contributed by atoms with Gasteiger partial charge in [0.2, 0.25) is 0 Å². The quantitative estimate of drug-likeness (QED) is 0.943. The SMILES string of the molecule is O=C(O)c1cc(N2CC(F)(F)C23CC3)n(-c2ccc(F)cc2)n1. The predicted octanol–water partition coefficient (Wildman–Crippen LogP) is 2.70. The van der Waals surface area contributed by atoms with Gasteiger partial charge in [-0.1, -0.05) is 0 Å². The lowest BCUT2D eigenvalue weighted by molar-refractivity contribution is -0.0839. The molecular formula is C15H12F3N3O2. The Morgan fingerprint density at radius 1 is 1.22 bits per heavy atom. The minimum Gasteiger partial charge on any atom is -0.476 e. The van der Waals surface area contributed by atoms with Gasteiger partial charge < -0.3 is 10.0 Å². The van der Waals surface area contributed by atoms with Crippen molar-refractivity contribution in [3.8, 4) is 5.69 Å². The van der Waals surface area contributed by atoms with E-state index in [-0.39, 0.29) is 11.5 Å². The molecule has 1 aromatic carbocycles. The average Bonchev–Trinajstić information content (AvgIpc) is 3.23. The summed E-state index contributed by atoms with van der Waals surface area (Å²) in [6, 6.07) is 6.54. The van der Waals surface area contributed by atoms with Crippen molar-refractivity contribution < 1.29 is 23.1 Å². The van der Waals surface area contributed by atoms with E-state index in [0.29, 0.717) is 18.5 Å². The second-order valence-corrected chi connectivity index (χ2v) is 5.90. The molecule has 1 N–H and O–H groups in total. The van der Waals surface area contributed by atoms with Crippen LogP contribution in [0.4, 0.5) is 19.0 Å². The minimum absolute atomic E-state index is 0.240. The number of halogens is 3. The molecule has 1 saturated carbocycles. The van der Waals surface area contributed by atoms with Crippen LogP contribution < -0.4 is 4.90 Å². The summed E-state index contributed by atoms with van der Waals surface area (Å²) < 4.78 is 42.0. The average molecular weight is 323 g/mol. The summed E-state index contributed by atoms with van der Waals surface area (Å²) in [5, 5.41) is 13.1. The van der Waals surface area contributed by atoms with E-state index in [2.05, 4.69) is 5.10 Å². The molecule has 0 amide bonds. The monoisotopic (exact) mass is 323 g/mol. The zero-order valence-electron chi connectivity index (χ0n) is 11.8. The molecule has 120 valence electrons. The molecule has 23 heavy (non-hydrogen) atoms. The fourth-order valence-electron chi connectivity index (χ4n) is 3.10. The third kappa shape index (κ3) is 1.87. The van der Waals surface area contributed by atoms with Gasteiger partial charge in [0.1, 0.15) is 17.2 Å². The minimum atomic E-state index is -2.78. The van der Waals surface area contributed by atoms with Crippen LogP contribution in [-0.2, 0) is 0 Å². The first kappa shape index (κ1) is 14.1. The lowest BCUT2D eigenvalue weighted by Crippen LogP contribution is -2.68. The van der Waals surface area contributed by atoms with Crippen molar-refractivity contribution in [3.05, 3.63) is 41.8 Å². The van der Waals surface area contributed by atoms with E-state index in [9.17, 15) is 18.0 Å². The van der Waals surface area contributed by atoms with Crippen LogP contribution in [-0.4, -0.2) is 38.9 Å². The molecule has 1 aliphatic heterocycles. The second-order valence-electron chi connectivity index (χ2n) is 5.90. The second kappa shape index (κ2) is 4.27. The highest BCUT2D eigenvalue weighted by atomic mass is 19.3. The number of hydrogen-bond donors (Lipinski definition) is 1. The van der Waals surface area contributed by atoms with Crippen molar-refractivity contribution in [2.75, 3.05) is 11.4 Å². The normalized spacial score (nSPS) is 20.4. The van der Waals surface area contributed by atoms with E-state index in [4.69, 9.17) is 5.11 Å². The highest BCUT2D eigenvalue weighted by Gasteiger charge is 2.74. The maximum Gasteiger partial charge on any atom is 0.356 e. The molecule has 2 heterocycles. The van der Waals surface area contributed by atoms with Crippen LogP contribution in [0.5, 0.6) is 0 Å². The molecule has 1 spiro atoms. The summed E-state index contributed by atoms with van der Waals surface area (Å²) in [6.45, 7) is -0.473. The summed E-state index contributed by atoms with van der Waals surface area (Å²) in [7, 11) is 0. The maximum atomic E-state index is 13.8. The van der Waals surface area contributed by atoms with Crippen LogP contribution in [0.15, 0.2) is 30.3 Å². The molecule has 2 aliphatic rings. The number of aromatic carboxylic acids is 1. The number of carboxylic acids is 1. The Kier molecular flexibility index (Phi) is 2.62. The van der Waals surface area contributed by atoms with Crippen LogP contribution >= 0.6 is 0 Å². The fraction of sp³-hybridized carbons (Fsp3) is 0.333. The molecule has 1 aromatic heterocycles. The van der Waals surface area contributed by atoms with E-state index in [1.165, 1.54) is 39.9 Å². The first-order valence-corrected chi connectivity index (χ1v) is 7.09. The zero-order valence-corrected chi connectivity index (χ0v) is 11.8. The molecule has 1 saturated heterocycles. The van der Waals surface area contributed by atoms with Crippen molar-refractivity contribution in [2.24, 2.45) is 0 Å². The summed E-state index contributed by atoms with van der Waals surface area (Å²) in [5.74, 6) is -4.19. The Morgan fingerprint density at radius 3 is 2.39 bits per heavy atom. The number of nitrogens with zero attached hydrogens (tertiary/aromatic N) is 3. The van der Waals surface area contributed by atoms with E-state index < -0.39 is 29.8 Å². The third-order valence-electron chi connectivity index (χ3n) is 4.54. The lowest BCUT2D eigenvalue weighted by Gasteiger charge is -2.49. The zero-order chi connectivity index (χ0) is 16.4. The molecule has 2 fully saturated rings. The standard InChI is InChI=1S/C15H12F3N3O2/c16-9-1-3-10(4-2-9)21-12(7-11(19-21)13(22)23)20-8-15(17,18)14(20)5-6-14/h1-4,7H,5-6,8H2,(H,22,23). The molecule has 2 aromatic rings. The Morgan fingerprint density at radius 2 is 1.87 bits per heavy atom. The van der Waals surface area contributed by atoms with Crippen LogP contribution in [0.25, 0.3) is 5.69 Å². The predicted molar refractivity (Wildman–Crippen MR) is 74.7 cm³/mol. The maximum absolute atomic E-state index is 13.8. The topological polar surface area (TPSA) is 58.4 Å². The van der Waals surface area contributed by atoms with Gasteiger partial charge in [0.05, 0.1) is 12.2 Å². The lowest BCUT2D eigenvalue weighted by atomic mass is 9.95. The molecule has 5 nitrogen and oxygen atoms in total. The van der Waals surface area contributed by atoms with Crippen molar-refractivity contribution in [3.63, 3.8) is 0 Å². The van der Waals surface area contributed by atoms with Crippen LogP contribution in [0.2, 0.25) is 0 Å². The summed E-state index contributed by atoms with van der Waals surface area (Å²) in [5.41, 5.74) is -1.05. The van der Waals surface area contributed by atoms with Gasteiger partial charge >= 0.3 is 5.97 Å². The first-order valence-electron chi connectivity index (χ1n) is 7.09. The van der Waals surface area contributed by atoms with Gasteiger partial charge in [-0.05, 0) is 37.1 Å². The van der Waals surface area contributed by atoms with Gasteiger partial charge in [-0.3, -0.25) is 0 Å². The van der Waals surface area contributed by atoms with Crippen LogP contribution in [0.1, 0.15) is 23.3 Å². The Labute approximate surface area is 128 Å². The number of carboxylic acid groups (broad SMARTS) is 1. The van der Waals surface area contributed by atoms with Crippen molar-refractivity contribution in [1.29, 1.82) is 0 Å². The number of rotatable bonds is 3. The Hall–Kier alpha value is -2.51. The van der Waals surface area contributed by atoms with Crippen LogP contribution in [0, 0.1) is 5.82 Å². The van der Waals surface area contributed by atoms with Gasteiger partial charge in [-0.2, -0.15) is 5.10 Å². The third-order valence-corrected chi connectivity index (χ3v) is 4.54. The molecule has 1 aliphatic carbocycles. The van der Waals surface area contributed by atoms with Gasteiger partial charge in [-0.25, -0.2) is 22.6 Å². The summed E-state index contributed by atoms with van der Waals surface area (Å²) >= 11 is 0. The Bertz CT molecular complexity index is 797. The van der Waals surface area contributed by atoms with Crippen molar-refractivity contribution >= 4 is 11.8 Å². The Balaban J connectivity index is 1.80. The smallest absolute Gasteiger partial charge is 0.356 e. The number of aromatic nitrogens is 2. The van der Waals surface area contributed by atoms with Crippen molar-refractivity contribution in [2.45, 2.75) is 24.3 Å². The summed E-state index contributed by atoms with van der Waals surface area (Å²) in [4.78, 5) is 12.7. The number of alkyl halides is 2. The number of carbonyl (C=O) groups is 1. The van der Waals surface area contributed by atoms with E-state index in [1.807, 2.05) is 0 Å². The van der Waals surface area contributed by atoms with Gasteiger partial charge in [0.25, 0.3) is 5.92 Å². The fourth-order valence-corrected chi connectivity index (χ4v) is 3.10. The number of hydrogen-bond acceptors (Lipinski definition) is 3. The van der Waals surface area contributed by atoms with Crippen LogP contribution in [0.3, 0.4) is 0 Å². The molecular weight excluding hydrogens is 311 g/mol. The molecule has 0 bridgehead atoms. The molecule has 4 rings (SSSR count). The van der Waals surface area contributed by atoms with Gasteiger partial charge in [0.15, 0.2) is 5.69 Å². The largest absolute Gasteiger partial charge is 0.476 e. The highest BCUT2D eigenvalue weighted by Crippen LogP contribution is 2.61. The molecule has 0 unspecified atom stereocenters. The number of benzene rings is 1. The van der Waals surface area contributed by atoms with Gasteiger partial charge in [-0.15, -0.1) is 0 Å². The molecule has 0 atom stereocenters. The summed E-state index contributed by atoms with van der Waals surface area (Å²) in [6.07, 6.45) is 0.716. The molecule has 0 radical (unpaired) electrons. The first-order chi connectivity index (χ1) is 10.8. The van der Waals surface area contributed by atoms with E-state index >= 15 is 0 Å². The van der Waals surface area contributed by atoms with Crippen molar-refractivity contribution in [1.82, 2.24) is 9.78 Å². The van der Waals surface area contributed by atoms with E-state index in [0.717, 1.165) is 0 Å². The highest BCUT2D eigenvalue weighted by molar-refractivity contribution is 5.87. The molecule has 8 heteroatoms. The van der Waals surface area contributed by atoms with E-state index in [1.54, 1.807) is 0 Å². The number of anilines is 1. The van der Waals surface area contributed by atoms with Gasteiger partial charge in [0, 0.05) is 6.07 Å².